The van der Waals surface area contributed by atoms with E-state index in [4.69, 9.17) is 0 Å². The van der Waals surface area contributed by atoms with E-state index in [2.05, 4.69) is 15.7 Å². The van der Waals surface area contributed by atoms with Crippen molar-refractivity contribution in [2.24, 2.45) is 0 Å². The third-order valence-electron chi connectivity index (χ3n) is 1.94. The average molecular weight is 214 g/mol. The minimum absolute atomic E-state index is 0.832. The Morgan fingerprint density at radius 1 is 1.69 bits per heavy atom. The van der Waals surface area contributed by atoms with Crippen molar-refractivity contribution >= 4 is 23.1 Å². The number of hydrogen-bond donors (Lipinski definition) is 1. The van der Waals surface area contributed by atoms with Crippen LogP contribution >= 0.6 is 23.1 Å². The fourth-order valence-electron chi connectivity index (χ4n) is 1.09. The zero-order valence-corrected chi connectivity index (χ0v) is 9.38. The molecule has 2 rings (SSSR count). The maximum Gasteiger partial charge on any atom is 0.150 e. The van der Waals surface area contributed by atoms with Crippen molar-refractivity contribution in [3.05, 3.63) is 11.1 Å². The molecule has 0 aliphatic heterocycles. The van der Waals surface area contributed by atoms with E-state index in [0.29, 0.717) is 0 Å². The van der Waals surface area contributed by atoms with Gasteiger partial charge in [-0.15, -0.1) is 11.3 Å². The molecule has 0 atom stereocenters. The summed E-state index contributed by atoms with van der Waals surface area (Å²) in [4.78, 5) is 4.40. The van der Waals surface area contributed by atoms with Crippen LogP contribution in [-0.2, 0) is 0 Å². The van der Waals surface area contributed by atoms with E-state index in [1.54, 1.807) is 11.3 Å². The van der Waals surface area contributed by atoms with Gasteiger partial charge in [-0.05, 0) is 19.8 Å². The lowest BCUT2D eigenvalue weighted by Crippen LogP contribution is -2.18. The summed E-state index contributed by atoms with van der Waals surface area (Å²) in [5.41, 5.74) is 1.14. The number of nitrogens with one attached hydrogen (secondary N) is 1. The van der Waals surface area contributed by atoms with Crippen molar-refractivity contribution in [2.45, 2.75) is 30.1 Å². The molecule has 0 amide bonds. The molecule has 1 N–H and O–H groups in total. The molecule has 1 aliphatic carbocycles. The molecule has 1 fully saturated rings. The van der Waals surface area contributed by atoms with Gasteiger partial charge in [-0.3, -0.25) is 0 Å². The highest BCUT2D eigenvalue weighted by Gasteiger charge is 2.19. The van der Waals surface area contributed by atoms with E-state index in [1.807, 2.05) is 18.7 Å². The van der Waals surface area contributed by atoms with Gasteiger partial charge in [0.05, 0.1) is 0 Å². The Morgan fingerprint density at radius 2 is 2.54 bits per heavy atom. The molecule has 0 saturated heterocycles. The summed E-state index contributed by atoms with van der Waals surface area (Å²) in [5, 5.41) is 5.60. The minimum Gasteiger partial charge on any atom is -0.313 e. The van der Waals surface area contributed by atoms with Gasteiger partial charge in [0.1, 0.15) is 4.34 Å². The summed E-state index contributed by atoms with van der Waals surface area (Å²) in [5.74, 6) is 1.14. The molecule has 0 spiro atoms. The molecule has 1 saturated carbocycles. The molecule has 2 nitrogen and oxygen atoms in total. The first-order valence-electron chi connectivity index (χ1n) is 4.63. The Balaban J connectivity index is 1.61. The number of thiazole rings is 1. The summed E-state index contributed by atoms with van der Waals surface area (Å²) < 4.78 is 1.20. The van der Waals surface area contributed by atoms with E-state index >= 15 is 0 Å². The van der Waals surface area contributed by atoms with Gasteiger partial charge in [0, 0.05) is 29.4 Å². The monoisotopic (exact) mass is 214 g/mol. The van der Waals surface area contributed by atoms with Gasteiger partial charge in [-0.25, -0.2) is 4.98 Å². The number of thioether (sulfide) groups is 1. The molecule has 1 heterocycles. The second kappa shape index (κ2) is 4.44. The van der Waals surface area contributed by atoms with Crippen LogP contribution in [0.3, 0.4) is 0 Å². The van der Waals surface area contributed by atoms with E-state index in [9.17, 15) is 0 Å². The summed E-state index contributed by atoms with van der Waals surface area (Å²) in [6.45, 7) is 3.16. The van der Waals surface area contributed by atoms with Gasteiger partial charge in [0.2, 0.25) is 0 Å². The third kappa shape index (κ3) is 3.29. The average Bonchev–Trinajstić information content (AvgIpc) is 2.84. The van der Waals surface area contributed by atoms with Crippen LogP contribution in [-0.4, -0.2) is 23.3 Å². The zero-order valence-electron chi connectivity index (χ0n) is 7.75. The molecule has 1 aromatic heterocycles. The number of nitrogens with zero attached hydrogens (tertiary/aromatic N) is 1. The molecule has 1 aromatic rings. The summed E-state index contributed by atoms with van der Waals surface area (Å²) in [6.07, 6.45) is 2.75. The summed E-state index contributed by atoms with van der Waals surface area (Å²) >= 11 is 3.60. The van der Waals surface area contributed by atoms with E-state index in [-0.39, 0.29) is 0 Å². The Morgan fingerprint density at radius 3 is 3.15 bits per heavy atom. The maximum atomic E-state index is 4.40. The van der Waals surface area contributed by atoms with Crippen LogP contribution in [0.1, 0.15) is 18.5 Å². The number of aryl methyl sites for hydroxylation is 1. The lowest BCUT2D eigenvalue weighted by molar-refractivity contribution is 0.726. The van der Waals surface area contributed by atoms with Crippen LogP contribution in [0, 0.1) is 6.92 Å². The molecule has 13 heavy (non-hydrogen) atoms. The first-order chi connectivity index (χ1) is 6.34. The molecule has 0 aromatic carbocycles. The molecular formula is C9H14N2S2. The fourth-order valence-corrected chi connectivity index (χ4v) is 2.88. The van der Waals surface area contributed by atoms with Crippen molar-refractivity contribution in [1.29, 1.82) is 0 Å². The smallest absolute Gasteiger partial charge is 0.150 e. The van der Waals surface area contributed by atoms with Crippen molar-refractivity contribution in [3.63, 3.8) is 0 Å². The minimum atomic E-state index is 0.832. The van der Waals surface area contributed by atoms with Gasteiger partial charge in [0.15, 0.2) is 0 Å². The number of hydrogen-bond acceptors (Lipinski definition) is 4. The molecule has 0 bridgehead atoms. The van der Waals surface area contributed by atoms with Crippen LogP contribution in [0.5, 0.6) is 0 Å². The van der Waals surface area contributed by atoms with Crippen LogP contribution in [0.15, 0.2) is 9.72 Å². The highest BCUT2D eigenvalue weighted by molar-refractivity contribution is 8.01. The first kappa shape index (κ1) is 9.49. The lowest BCUT2D eigenvalue weighted by Gasteiger charge is -1.99. The van der Waals surface area contributed by atoms with Gasteiger partial charge < -0.3 is 5.32 Å². The van der Waals surface area contributed by atoms with Crippen molar-refractivity contribution < 1.29 is 0 Å². The van der Waals surface area contributed by atoms with Gasteiger partial charge in [-0.2, -0.15) is 0 Å². The molecule has 4 heteroatoms. The van der Waals surface area contributed by atoms with Gasteiger partial charge >= 0.3 is 0 Å². The lowest BCUT2D eigenvalue weighted by atomic mass is 10.6. The molecule has 0 radical (unpaired) electrons. The standard InChI is InChI=1S/C9H14N2S2/c1-7-6-13-9(11-7)12-5-4-10-8-2-3-8/h6,8,10H,2-5H2,1H3. The maximum absolute atomic E-state index is 4.40. The molecule has 0 unspecified atom stereocenters. The largest absolute Gasteiger partial charge is 0.313 e. The van der Waals surface area contributed by atoms with Crippen LogP contribution in [0.2, 0.25) is 0 Å². The van der Waals surface area contributed by atoms with Crippen LogP contribution in [0.25, 0.3) is 0 Å². The van der Waals surface area contributed by atoms with Crippen LogP contribution < -0.4 is 5.32 Å². The SMILES string of the molecule is Cc1csc(SCCNC2CC2)n1. The van der Waals surface area contributed by atoms with E-state index < -0.39 is 0 Å². The predicted molar refractivity (Wildman–Crippen MR) is 58.6 cm³/mol. The Labute approximate surface area is 87.1 Å². The third-order valence-corrected chi connectivity index (χ3v) is 4.08. The highest BCUT2D eigenvalue weighted by atomic mass is 32.2. The van der Waals surface area contributed by atoms with Crippen molar-refractivity contribution in [1.82, 2.24) is 10.3 Å². The number of rotatable bonds is 5. The van der Waals surface area contributed by atoms with Crippen molar-refractivity contribution in [2.75, 3.05) is 12.3 Å². The Kier molecular flexibility index (Phi) is 3.24. The quantitative estimate of drug-likeness (QED) is 0.601. The second-order valence-electron chi connectivity index (χ2n) is 3.33. The highest BCUT2D eigenvalue weighted by Crippen LogP contribution is 2.22. The molecular weight excluding hydrogens is 200 g/mol. The Bertz CT molecular complexity index is 268. The van der Waals surface area contributed by atoms with Gasteiger partial charge in [-0.1, -0.05) is 11.8 Å². The van der Waals surface area contributed by atoms with Crippen molar-refractivity contribution in [3.8, 4) is 0 Å². The van der Waals surface area contributed by atoms with E-state index in [0.717, 1.165) is 24.0 Å². The molecule has 72 valence electrons. The number of aromatic nitrogens is 1. The predicted octanol–water partition coefficient (Wildman–Crippen LogP) is 2.30. The summed E-state index contributed by atoms with van der Waals surface area (Å²) in [7, 11) is 0. The topological polar surface area (TPSA) is 24.9 Å². The van der Waals surface area contributed by atoms with Gasteiger partial charge in [0.25, 0.3) is 0 Å². The summed E-state index contributed by atoms with van der Waals surface area (Å²) in [6, 6.07) is 0.832. The first-order valence-corrected chi connectivity index (χ1v) is 6.49. The van der Waals surface area contributed by atoms with Crippen LogP contribution in [0.4, 0.5) is 0 Å². The van der Waals surface area contributed by atoms with E-state index in [1.165, 1.54) is 17.2 Å². The normalized spacial score (nSPS) is 16.4. The zero-order chi connectivity index (χ0) is 9.10. The molecule has 1 aliphatic rings. The fraction of sp³-hybridized carbons (Fsp3) is 0.667. The Hall–Kier alpha value is -0.0600. The second-order valence-corrected chi connectivity index (χ2v) is 5.53.